The van der Waals surface area contributed by atoms with Crippen molar-refractivity contribution in [1.29, 1.82) is 0 Å². The van der Waals surface area contributed by atoms with Crippen molar-refractivity contribution in [3.8, 4) is 0 Å². The number of halogens is 3. The van der Waals surface area contributed by atoms with Gasteiger partial charge in [-0.05, 0) is 48.9 Å². The van der Waals surface area contributed by atoms with E-state index in [1.165, 1.54) is 12.1 Å². The number of hydrogen-bond acceptors (Lipinski definition) is 2. The topological polar surface area (TPSA) is 26.0 Å². The highest BCUT2D eigenvalue weighted by atomic mass is 79.9. The Morgan fingerprint density at radius 3 is 2.37 bits per heavy atom. The zero-order valence-corrected chi connectivity index (χ0v) is 12.4. The highest BCUT2D eigenvalue weighted by Crippen LogP contribution is 2.33. The molecule has 2 N–H and O–H groups in total. The standard InChI is InChI=1S/C14H12BrF2NS/c15-10-2-1-3-11(8-10)19-14-12(16)6-9(4-5-18)7-13(14)17/h1-3,6-8H,4-5,18H2. The first kappa shape index (κ1) is 14.5. The molecule has 0 unspecified atom stereocenters. The van der Waals surface area contributed by atoms with Gasteiger partial charge in [0.1, 0.15) is 11.6 Å². The lowest BCUT2D eigenvalue weighted by molar-refractivity contribution is 0.537. The molecule has 0 saturated heterocycles. The molecule has 0 heterocycles. The average molecular weight is 344 g/mol. The van der Waals surface area contributed by atoms with Crippen LogP contribution in [0.1, 0.15) is 5.56 Å². The molecule has 2 aromatic carbocycles. The van der Waals surface area contributed by atoms with Crippen molar-refractivity contribution >= 4 is 27.7 Å². The molecule has 5 heteroatoms. The van der Waals surface area contributed by atoms with Gasteiger partial charge in [0.25, 0.3) is 0 Å². The van der Waals surface area contributed by atoms with Gasteiger partial charge in [-0.1, -0.05) is 33.8 Å². The van der Waals surface area contributed by atoms with Gasteiger partial charge in [0.05, 0.1) is 4.90 Å². The average Bonchev–Trinajstić information content (AvgIpc) is 2.34. The van der Waals surface area contributed by atoms with Crippen molar-refractivity contribution in [2.45, 2.75) is 16.2 Å². The third kappa shape index (κ3) is 3.78. The number of hydrogen-bond donors (Lipinski definition) is 1. The molecule has 2 aromatic rings. The lowest BCUT2D eigenvalue weighted by Gasteiger charge is -2.08. The van der Waals surface area contributed by atoms with Crippen LogP contribution in [0.3, 0.4) is 0 Å². The fraction of sp³-hybridized carbons (Fsp3) is 0.143. The first-order valence-corrected chi connectivity index (χ1v) is 7.32. The quantitative estimate of drug-likeness (QED) is 0.891. The lowest BCUT2D eigenvalue weighted by atomic mass is 10.1. The van der Waals surface area contributed by atoms with Crippen molar-refractivity contribution in [3.05, 3.63) is 58.1 Å². The summed E-state index contributed by atoms with van der Waals surface area (Å²) in [4.78, 5) is 0.789. The van der Waals surface area contributed by atoms with Crippen LogP contribution < -0.4 is 5.73 Å². The first-order chi connectivity index (χ1) is 9.10. The summed E-state index contributed by atoms with van der Waals surface area (Å²) in [5.74, 6) is -1.10. The maximum atomic E-state index is 13.9. The molecule has 0 saturated carbocycles. The van der Waals surface area contributed by atoms with Gasteiger partial charge in [-0.2, -0.15) is 0 Å². The largest absolute Gasteiger partial charge is 0.330 e. The van der Waals surface area contributed by atoms with Crippen molar-refractivity contribution in [1.82, 2.24) is 0 Å². The summed E-state index contributed by atoms with van der Waals surface area (Å²) >= 11 is 4.40. The Kier molecular flexibility index (Phi) is 4.96. The smallest absolute Gasteiger partial charge is 0.140 e. The fourth-order valence-corrected chi connectivity index (χ4v) is 3.10. The maximum absolute atomic E-state index is 13.9. The van der Waals surface area contributed by atoms with Crippen LogP contribution in [0.2, 0.25) is 0 Å². The van der Waals surface area contributed by atoms with Crippen LogP contribution in [-0.2, 0) is 6.42 Å². The first-order valence-electron chi connectivity index (χ1n) is 5.71. The molecule has 0 aromatic heterocycles. The Morgan fingerprint density at radius 2 is 1.79 bits per heavy atom. The van der Waals surface area contributed by atoms with E-state index in [9.17, 15) is 8.78 Å². The molecule has 0 radical (unpaired) electrons. The van der Waals surface area contributed by atoms with Crippen LogP contribution in [0, 0.1) is 11.6 Å². The van der Waals surface area contributed by atoms with E-state index in [-0.39, 0.29) is 4.90 Å². The predicted molar refractivity (Wildman–Crippen MR) is 77.4 cm³/mol. The molecule has 0 spiro atoms. The molecule has 0 atom stereocenters. The van der Waals surface area contributed by atoms with Gasteiger partial charge in [0.2, 0.25) is 0 Å². The second-order valence-electron chi connectivity index (χ2n) is 3.99. The Bertz CT molecular complexity index is 566. The van der Waals surface area contributed by atoms with E-state index in [1.807, 2.05) is 24.3 Å². The molecule has 0 bridgehead atoms. The van der Waals surface area contributed by atoms with Gasteiger partial charge in [-0.15, -0.1) is 0 Å². The molecule has 0 aliphatic heterocycles. The number of nitrogens with two attached hydrogens (primary N) is 1. The monoisotopic (exact) mass is 343 g/mol. The van der Waals surface area contributed by atoms with Crippen molar-refractivity contribution in [3.63, 3.8) is 0 Å². The zero-order chi connectivity index (χ0) is 13.8. The second kappa shape index (κ2) is 6.50. The van der Waals surface area contributed by atoms with E-state index in [2.05, 4.69) is 15.9 Å². The van der Waals surface area contributed by atoms with Crippen molar-refractivity contribution < 1.29 is 8.78 Å². The molecule has 100 valence electrons. The highest BCUT2D eigenvalue weighted by Gasteiger charge is 2.12. The molecule has 2 rings (SSSR count). The minimum absolute atomic E-state index is 0.0128. The highest BCUT2D eigenvalue weighted by molar-refractivity contribution is 9.10. The van der Waals surface area contributed by atoms with E-state index < -0.39 is 11.6 Å². The van der Waals surface area contributed by atoms with Gasteiger partial charge in [0.15, 0.2) is 0 Å². The molecule has 0 aliphatic carbocycles. The van der Waals surface area contributed by atoms with Gasteiger partial charge >= 0.3 is 0 Å². The van der Waals surface area contributed by atoms with E-state index in [4.69, 9.17) is 5.73 Å². The van der Waals surface area contributed by atoms with Crippen LogP contribution in [0.15, 0.2) is 50.7 Å². The summed E-state index contributed by atoms with van der Waals surface area (Å²) in [7, 11) is 0. The Labute approximate surface area is 123 Å². The van der Waals surface area contributed by atoms with Gasteiger partial charge in [-0.3, -0.25) is 0 Å². The SMILES string of the molecule is NCCc1cc(F)c(Sc2cccc(Br)c2)c(F)c1. The third-order valence-electron chi connectivity index (χ3n) is 2.51. The van der Waals surface area contributed by atoms with Crippen molar-refractivity contribution in [2.24, 2.45) is 5.73 Å². The molecule has 0 amide bonds. The van der Waals surface area contributed by atoms with Crippen molar-refractivity contribution in [2.75, 3.05) is 6.54 Å². The van der Waals surface area contributed by atoms with Gasteiger partial charge in [0, 0.05) is 9.37 Å². The summed E-state index contributed by atoms with van der Waals surface area (Å²) in [5, 5.41) is 0. The van der Waals surface area contributed by atoms with Gasteiger partial charge < -0.3 is 5.73 Å². The summed E-state index contributed by atoms with van der Waals surface area (Å²) in [6.07, 6.45) is 0.468. The second-order valence-corrected chi connectivity index (χ2v) is 5.99. The molecule has 19 heavy (non-hydrogen) atoms. The summed E-state index contributed by atoms with van der Waals surface area (Å²) in [6.45, 7) is 0.372. The third-order valence-corrected chi connectivity index (χ3v) is 4.08. The number of benzene rings is 2. The van der Waals surface area contributed by atoms with E-state index in [0.717, 1.165) is 21.1 Å². The summed E-state index contributed by atoms with van der Waals surface area (Å²) in [6, 6.07) is 10.00. The number of rotatable bonds is 4. The lowest BCUT2D eigenvalue weighted by Crippen LogP contribution is -2.04. The maximum Gasteiger partial charge on any atom is 0.140 e. The van der Waals surface area contributed by atoms with E-state index >= 15 is 0 Å². The van der Waals surface area contributed by atoms with E-state index in [1.54, 1.807) is 0 Å². The Hall–Kier alpha value is -0.910. The zero-order valence-electron chi connectivity index (χ0n) is 10.00. The van der Waals surface area contributed by atoms with E-state index in [0.29, 0.717) is 18.5 Å². The Balaban J connectivity index is 2.30. The molecule has 1 nitrogen and oxygen atoms in total. The van der Waals surface area contributed by atoms with Crippen LogP contribution in [0.5, 0.6) is 0 Å². The molecular formula is C14H12BrF2NS. The molecule has 0 aliphatic rings. The minimum atomic E-state index is -0.548. The fourth-order valence-electron chi connectivity index (χ4n) is 1.67. The normalized spacial score (nSPS) is 10.7. The van der Waals surface area contributed by atoms with Crippen LogP contribution in [0.4, 0.5) is 8.78 Å². The Morgan fingerprint density at radius 1 is 1.11 bits per heavy atom. The van der Waals surface area contributed by atoms with Crippen LogP contribution in [0.25, 0.3) is 0 Å². The molecular weight excluding hydrogens is 332 g/mol. The van der Waals surface area contributed by atoms with Crippen LogP contribution >= 0.6 is 27.7 Å². The predicted octanol–water partition coefficient (Wildman–Crippen LogP) is 4.38. The summed E-state index contributed by atoms with van der Waals surface area (Å²) in [5.41, 5.74) is 5.96. The van der Waals surface area contributed by atoms with Gasteiger partial charge in [-0.25, -0.2) is 8.78 Å². The molecule has 0 fully saturated rings. The van der Waals surface area contributed by atoms with Crippen LogP contribution in [-0.4, -0.2) is 6.54 Å². The summed E-state index contributed by atoms with van der Waals surface area (Å²) < 4.78 is 28.7. The minimum Gasteiger partial charge on any atom is -0.330 e.